The van der Waals surface area contributed by atoms with Crippen LogP contribution in [0.15, 0.2) is 64.6 Å². The minimum Gasteiger partial charge on any atom is -0.365 e. The number of anilines is 1. The van der Waals surface area contributed by atoms with Gasteiger partial charge in [-0.3, -0.25) is 9.71 Å². The lowest BCUT2D eigenvalue weighted by atomic mass is 10.1. The van der Waals surface area contributed by atoms with Crippen molar-refractivity contribution in [1.29, 1.82) is 0 Å². The number of unbranched alkanes of at least 4 members (excludes halogenated alkanes) is 1. The van der Waals surface area contributed by atoms with Crippen LogP contribution < -0.4 is 15.8 Å². The maximum Gasteiger partial charge on any atom is 0.416 e. The van der Waals surface area contributed by atoms with Crippen molar-refractivity contribution in [2.24, 2.45) is 10.8 Å². The molecule has 0 fully saturated rings. The third-order valence-electron chi connectivity index (χ3n) is 4.87. The number of fused-ring (bicyclic) bond motifs is 1. The number of benzene rings is 2. The number of hydrogen-bond acceptors (Lipinski definition) is 5. The first-order valence-electron chi connectivity index (χ1n) is 10.3. The number of pyridine rings is 1. The van der Waals surface area contributed by atoms with Gasteiger partial charge in [-0.05, 0) is 55.7 Å². The second-order valence-electron chi connectivity index (χ2n) is 7.41. The Bertz CT molecular complexity index is 1350. The zero-order valence-electron chi connectivity index (χ0n) is 18.1. The number of nitrogens with one attached hydrogen (secondary N) is 2. The summed E-state index contributed by atoms with van der Waals surface area (Å²) in [6.07, 6.45) is -2.74. The van der Waals surface area contributed by atoms with Crippen molar-refractivity contribution in [3.8, 4) is 0 Å². The number of halogens is 3. The van der Waals surface area contributed by atoms with Crippen LogP contribution in [0.4, 0.5) is 18.9 Å². The molecule has 0 aliphatic heterocycles. The lowest BCUT2D eigenvalue weighted by Gasteiger charge is -2.12. The van der Waals surface area contributed by atoms with Crippen LogP contribution in [-0.4, -0.2) is 30.9 Å². The van der Waals surface area contributed by atoms with E-state index in [1.165, 1.54) is 6.07 Å². The lowest BCUT2D eigenvalue weighted by Crippen LogP contribution is -2.33. The number of para-hydroxylation sites is 1. The molecule has 0 amide bonds. The van der Waals surface area contributed by atoms with E-state index in [9.17, 15) is 31.7 Å². The van der Waals surface area contributed by atoms with E-state index in [-0.39, 0.29) is 16.5 Å². The molecule has 0 spiro atoms. The van der Waals surface area contributed by atoms with Crippen LogP contribution in [0, 0.1) is 10.1 Å². The summed E-state index contributed by atoms with van der Waals surface area (Å²) in [5.74, 6) is -0.288. The maximum absolute atomic E-state index is 12.8. The molecule has 3 aromatic rings. The van der Waals surface area contributed by atoms with E-state index >= 15 is 0 Å². The van der Waals surface area contributed by atoms with E-state index in [0.717, 1.165) is 12.1 Å². The summed E-state index contributed by atoms with van der Waals surface area (Å²) in [6, 6.07) is 11.7. The third-order valence-corrected chi connectivity index (χ3v) is 6.25. The summed E-state index contributed by atoms with van der Waals surface area (Å²) in [7, 11) is -4.16. The summed E-state index contributed by atoms with van der Waals surface area (Å²) < 4.78 is 66.3. The number of hydrogen-bond donors (Lipinski definition) is 3. The Hall–Kier alpha value is -3.94. The van der Waals surface area contributed by atoms with E-state index < -0.39 is 26.8 Å². The second-order valence-corrected chi connectivity index (χ2v) is 9.10. The SMILES string of the molecule is N/C(=N\[N+](=O)[O-])NCCCCc1ccc2cccc(NS(=O)(=O)c3ccc(C(F)(F)F)cc3)c2n1. The number of nitrogens with two attached hydrogens (primary N) is 1. The lowest BCUT2D eigenvalue weighted by molar-refractivity contribution is -0.485. The quantitative estimate of drug-likeness (QED) is 0.131. The van der Waals surface area contributed by atoms with Gasteiger partial charge in [0, 0.05) is 17.6 Å². The van der Waals surface area contributed by atoms with Crippen LogP contribution in [0.25, 0.3) is 10.9 Å². The number of sulfonamides is 1. The van der Waals surface area contributed by atoms with Gasteiger partial charge >= 0.3 is 6.18 Å². The predicted molar refractivity (Wildman–Crippen MR) is 124 cm³/mol. The molecule has 0 saturated carbocycles. The van der Waals surface area contributed by atoms with Gasteiger partial charge in [-0.2, -0.15) is 13.2 Å². The molecule has 35 heavy (non-hydrogen) atoms. The first kappa shape index (κ1) is 25.7. The molecule has 186 valence electrons. The number of rotatable bonds is 9. The van der Waals surface area contributed by atoms with E-state index in [1.807, 2.05) is 0 Å². The van der Waals surface area contributed by atoms with Gasteiger partial charge in [-0.15, -0.1) is 0 Å². The van der Waals surface area contributed by atoms with Gasteiger partial charge in [0.05, 0.1) is 21.7 Å². The van der Waals surface area contributed by atoms with Gasteiger partial charge in [0.1, 0.15) is 5.10 Å². The molecule has 0 unspecified atom stereocenters. The summed E-state index contributed by atoms with van der Waals surface area (Å²) in [4.78, 5) is 14.5. The Labute approximate surface area is 198 Å². The van der Waals surface area contributed by atoms with Gasteiger partial charge in [-0.1, -0.05) is 18.2 Å². The topological polar surface area (TPSA) is 153 Å². The molecule has 1 aromatic heterocycles. The van der Waals surface area contributed by atoms with Gasteiger partial charge in [0.25, 0.3) is 16.0 Å². The third kappa shape index (κ3) is 7.02. The van der Waals surface area contributed by atoms with Gasteiger partial charge in [0.15, 0.2) is 5.03 Å². The molecule has 3 rings (SSSR count). The average Bonchev–Trinajstić information content (AvgIpc) is 2.78. The Morgan fingerprint density at radius 1 is 1.09 bits per heavy atom. The Balaban J connectivity index is 1.71. The van der Waals surface area contributed by atoms with Crippen molar-refractivity contribution in [1.82, 2.24) is 10.3 Å². The first-order valence-corrected chi connectivity index (χ1v) is 11.7. The molecule has 4 N–H and O–H groups in total. The van der Waals surface area contributed by atoms with Crippen LogP contribution in [0.5, 0.6) is 0 Å². The molecular formula is C21H21F3N6O4S. The smallest absolute Gasteiger partial charge is 0.365 e. The highest BCUT2D eigenvalue weighted by Crippen LogP contribution is 2.30. The monoisotopic (exact) mass is 510 g/mol. The van der Waals surface area contributed by atoms with Crippen molar-refractivity contribution in [2.45, 2.75) is 30.3 Å². The Morgan fingerprint density at radius 3 is 2.46 bits per heavy atom. The predicted octanol–water partition coefficient (Wildman–Crippen LogP) is 3.47. The molecule has 14 heteroatoms. The van der Waals surface area contributed by atoms with Crippen molar-refractivity contribution in [3.05, 3.63) is 76.0 Å². The minimum absolute atomic E-state index is 0.190. The van der Waals surface area contributed by atoms with Crippen LogP contribution in [-0.2, 0) is 22.6 Å². The van der Waals surface area contributed by atoms with E-state index in [0.29, 0.717) is 54.5 Å². The molecule has 0 aliphatic carbocycles. The Kier molecular flexibility index (Phi) is 7.74. The fourth-order valence-electron chi connectivity index (χ4n) is 3.21. The van der Waals surface area contributed by atoms with E-state index in [2.05, 4.69) is 20.1 Å². The van der Waals surface area contributed by atoms with Crippen molar-refractivity contribution in [3.63, 3.8) is 0 Å². The standard InChI is InChI=1S/C21H21F3N6O4S/c22-21(23,24)15-8-11-17(12-9-15)35(33,34)29-18-6-3-4-14-7-10-16(27-19(14)18)5-1-2-13-26-20(25)28-30(31)32/h3-4,6-12,29H,1-2,5,13H2,(H3,25,26,28). The molecule has 1 heterocycles. The highest BCUT2D eigenvalue weighted by Gasteiger charge is 2.30. The van der Waals surface area contributed by atoms with E-state index in [1.54, 1.807) is 24.3 Å². The normalized spacial score (nSPS) is 12.5. The molecule has 0 radical (unpaired) electrons. The average molecular weight is 510 g/mol. The van der Waals surface area contributed by atoms with Crippen LogP contribution in [0.1, 0.15) is 24.1 Å². The van der Waals surface area contributed by atoms with Gasteiger partial charge < -0.3 is 11.1 Å². The zero-order valence-corrected chi connectivity index (χ0v) is 18.9. The summed E-state index contributed by atoms with van der Waals surface area (Å²) in [5.41, 5.74) is 5.66. The van der Waals surface area contributed by atoms with Crippen LogP contribution in [0.3, 0.4) is 0 Å². The van der Waals surface area contributed by atoms with Gasteiger partial charge in [0.2, 0.25) is 0 Å². The zero-order chi connectivity index (χ0) is 25.6. The fraction of sp³-hybridized carbons (Fsp3) is 0.238. The number of aryl methyl sites for hydroxylation is 1. The molecule has 0 aliphatic rings. The first-order chi connectivity index (χ1) is 16.5. The summed E-state index contributed by atoms with van der Waals surface area (Å²) >= 11 is 0. The highest BCUT2D eigenvalue weighted by molar-refractivity contribution is 7.92. The number of guanidine groups is 1. The summed E-state index contributed by atoms with van der Waals surface area (Å²) in [5, 5.41) is 15.6. The number of nitro groups is 1. The van der Waals surface area contributed by atoms with Gasteiger partial charge in [-0.25, -0.2) is 18.5 Å². The Morgan fingerprint density at radius 2 is 1.80 bits per heavy atom. The van der Waals surface area contributed by atoms with Crippen molar-refractivity contribution < 1.29 is 26.6 Å². The number of aromatic nitrogens is 1. The van der Waals surface area contributed by atoms with Crippen LogP contribution in [0.2, 0.25) is 0 Å². The molecule has 2 aromatic carbocycles. The number of hydrazone groups is 1. The molecule has 0 saturated heterocycles. The number of nitrogens with zero attached hydrogens (tertiary/aromatic N) is 3. The minimum atomic E-state index is -4.57. The fourth-order valence-corrected chi connectivity index (χ4v) is 4.27. The molecule has 10 nitrogen and oxygen atoms in total. The molecule has 0 bridgehead atoms. The van der Waals surface area contributed by atoms with Crippen molar-refractivity contribution >= 4 is 32.6 Å². The summed E-state index contributed by atoms with van der Waals surface area (Å²) in [6.45, 7) is 0.370. The molecular weight excluding hydrogens is 489 g/mol. The van der Waals surface area contributed by atoms with E-state index in [4.69, 9.17) is 5.73 Å². The van der Waals surface area contributed by atoms with Crippen molar-refractivity contribution in [2.75, 3.05) is 11.3 Å². The molecule has 0 atom stereocenters. The number of alkyl halides is 3. The second kappa shape index (κ2) is 10.5. The maximum atomic E-state index is 12.8. The van der Waals surface area contributed by atoms with Crippen LogP contribution >= 0.6 is 0 Å². The largest absolute Gasteiger partial charge is 0.416 e. The highest BCUT2D eigenvalue weighted by atomic mass is 32.2.